The molecule has 0 saturated heterocycles. The Hall–Kier alpha value is -0.950. The number of thiazole rings is 1. The Labute approximate surface area is 120 Å². The summed E-state index contributed by atoms with van der Waals surface area (Å²) in [6.07, 6.45) is 0.479. The number of hydrogen-bond acceptors (Lipinski definition) is 5. The Morgan fingerprint density at radius 2 is 2.21 bits per heavy atom. The number of sulfone groups is 1. The summed E-state index contributed by atoms with van der Waals surface area (Å²) in [7, 11) is -3.41. The van der Waals surface area contributed by atoms with Crippen LogP contribution in [0.15, 0.2) is 35.8 Å². The van der Waals surface area contributed by atoms with E-state index in [2.05, 4.69) is 4.98 Å². The summed E-state index contributed by atoms with van der Waals surface area (Å²) in [5.74, 6) is -0.491. The minimum absolute atomic E-state index is 0.151. The molecule has 1 aromatic heterocycles. The number of hydrogen-bond donors (Lipinski definition) is 1. The molecule has 7 heteroatoms. The van der Waals surface area contributed by atoms with Crippen LogP contribution in [0.2, 0.25) is 5.02 Å². The first-order valence-corrected chi connectivity index (χ1v) is 8.56. The molecule has 2 rings (SSSR count). The minimum atomic E-state index is -3.41. The summed E-state index contributed by atoms with van der Waals surface area (Å²) < 4.78 is 23.9. The first kappa shape index (κ1) is 14.5. The van der Waals surface area contributed by atoms with Gasteiger partial charge in [-0.3, -0.25) is 0 Å². The average Bonchev–Trinajstić information content (AvgIpc) is 2.80. The van der Waals surface area contributed by atoms with Gasteiger partial charge in [-0.25, -0.2) is 13.4 Å². The molecule has 1 unspecified atom stereocenters. The van der Waals surface area contributed by atoms with E-state index in [1.807, 2.05) is 0 Å². The van der Waals surface area contributed by atoms with Gasteiger partial charge in [-0.15, -0.1) is 11.3 Å². The first-order chi connectivity index (χ1) is 8.96. The van der Waals surface area contributed by atoms with Crippen molar-refractivity contribution in [2.75, 3.05) is 5.75 Å². The predicted octanol–water partition coefficient (Wildman–Crippen LogP) is 2.44. The Morgan fingerprint density at radius 3 is 2.84 bits per heavy atom. The van der Waals surface area contributed by atoms with Crippen LogP contribution in [0, 0.1) is 0 Å². The first-order valence-electron chi connectivity index (χ1n) is 5.48. The third-order valence-electron chi connectivity index (χ3n) is 2.47. The van der Waals surface area contributed by atoms with Crippen LogP contribution in [0.25, 0.3) is 0 Å². The standard InChI is InChI=1S/C12H12ClNO3S2/c13-10-3-1-2-9(6-10)11(15)7-19(16,17)8-12-14-4-5-18-12/h1-6,11,15H,7-8H2. The maximum absolute atomic E-state index is 11.9. The highest BCUT2D eigenvalue weighted by atomic mass is 35.5. The second-order valence-corrected chi connectivity index (χ2v) is 7.58. The summed E-state index contributed by atoms with van der Waals surface area (Å²) in [6.45, 7) is 0. The van der Waals surface area contributed by atoms with Gasteiger partial charge in [0.05, 0.1) is 11.9 Å². The van der Waals surface area contributed by atoms with E-state index >= 15 is 0 Å². The lowest BCUT2D eigenvalue weighted by Gasteiger charge is -2.11. The lowest BCUT2D eigenvalue weighted by Crippen LogP contribution is -2.16. The van der Waals surface area contributed by atoms with E-state index in [4.69, 9.17) is 11.6 Å². The van der Waals surface area contributed by atoms with Gasteiger partial charge in [0, 0.05) is 16.6 Å². The quantitative estimate of drug-likeness (QED) is 0.919. The van der Waals surface area contributed by atoms with Crippen LogP contribution in [-0.4, -0.2) is 24.3 Å². The highest BCUT2D eigenvalue weighted by molar-refractivity contribution is 7.90. The fourth-order valence-corrected chi connectivity index (χ4v) is 4.27. The fraction of sp³-hybridized carbons (Fsp3) is 0.250. The van der Waals surface area contributed by atoms with Gasteiger partial charge in [-0.2, -0.15) is 0 Å². The molecule has 19 heavy (non-hydrogen) atoms. The number of rotatable bonds is 5. The van der Waals surface area contributed by atoms with E-state index in [-0.39, 0.29) is 11.5 Å². The summed E-state index contributed by atoms with van der Waals surface area (Å²) in [4.78, 5) is 3.93. The Morgan fingerprint density at radius 1 is 1.42 bits per heavy atom. The lowest BCUT2D eigenvalue weighted by atomic mass is 10.1. The molecular formula is C12H12ClNO3S2. The van der Waals surface area contributed by atoms with Crippen molar-refractivity contribution < 1.29 is 13.5 Å². The van der Waals surface area contributed by atoms with E-state index in [1.54, 1.807) is 35.8 Å². The van der Waals surface area contributed by atoms with E-state index in [1.165, 1.54) is 11.3 Å². The van der Waals surface area contributed by atoms with Crippen molar-refractivity contribution in [3.63, 3.8) is 0 Å². The number of aliphatic hydroxyl groups excluding tert-OH is 1. The average molecular weight is 318 g/mol. The molecule has 1 heterocycles. The molecule has 0 saturated carbocycles. The molecule has 1 atom stereocenters. The lowest BCUT2D eigenvalue weighted by molar-refractivity contribution is 0.201. The second kappa shape index (κ2) is 6.00. The number of nitrogens with zero attached hydrogens (tertiary/aromatic N) is 1. The molecule has 0 bridgehead atoms. The van der Waals surface area contributed by atoms with Crippen LogP contribution >= 0.6 is 22.9 Å². The normalized spacial score (nSPS) is 13.4. The smallest absolute Gasteiger partial charge is 0.159 e. The molecule has 0 aliphatic heterocycles. The van der Waals surface area contributed by atoms with Crippen molar-refractivity contribution >= 4 is 32.8 Å². The zero-order chi connectivity index (χ0) is 13.9. The monoisotopic (exact) mass is 317 g/mol. The van der Waals surface area contributed by atoms with Crippen molar-refractivity contribution in [2.45, 2.75) is 11.9 Å². The SMILES string of the molecule is O=S(=O)(Cc1nccs1)CC(O)c1cccc(Cl)c1. The summed E-state index contributed by atoms with van der Waals surface area (Å²) >= 11 is 7.09. The van der Waals surface area contributed by atoms with Crippen LogP contribution < -0.4 is 0 Å². The molecule has 2 aromatic rings. The molecule has 0 radical (unpaired) electrons. The molecule has 0 spiro atoms. The highest BCUT2D eigenvalue weighted by Crippen LogP contribution is 2.20. The Kier molecular flexibility index (Phi) is 4.57. The van der Waals surface area contributed by atoms with E-state index < -0.39 is 15.9 Å². The van der Waals surface area contributed by atoms with Gasteiger partial charge in [0.15, 0.2) is 9.84 Å². The van der Waals surface area contributed by atoms with Crippen molar-refractivity contribution in [1.29, 1.82) is 0 Å². The van der Waals surface area contributed by atoms with Gasteiger partial charge in [0.25, 0.3) is 0 Å². The molecular weight excluding hydrogens is 306 g/mol. The molecule has 0 aliphatic carbocycles. The fourth-order valence-electron chi connectivity index (χ4n) is 1.62. The zero-order valence-electron chi connectivity index (χ0n) is 9.86. The van der Waals surface area contributed by atoms with Gasteiger partial charge in [0.1, 0.15) is 10.8 Å². The predicted molar refractivity (Wildman–Crippen MR) is 76.0 cm³/mol. The molecule has 102 valence electrons. The largest absolute Gasteiger partial charge is 0.387 e. The number of halogens is 1. The third kappa shape index (κ3) is 4.28. The van der Waals surface area contributed by atoms with Crippen molar-refractivity contribution in [2.24, 2.45) is 0 Å². The van der Waals surface area contributed by atoms with Gasteiger partial charge >= 0.3 is 0 Å². The van der Waals surface area contributed by atoms with Gasteiger partial charge in [-0.05, 0) is 17.7 Å². The number of aromatic nitrogens is 1. The van der Waals surface area contributed by atoms with Crippen LogP contribution in [0.4, 0.5) is 0 Å². The summed E-state index contributed by atoms with van der Waals surface area (Å²) in [5, 5.41) is 12.7. The Balaban J connectivity index is 2.07. The molecule has 0 aliphatic rings. The molecule has 0 fully saturated rings. The number of benzene rings is 1. The maximum Gasteiger partial charge on any atom is 0.159 e. The zero-order valence-corrected chi connectivity index (χ0v) is 12.2. The van der Waals surface area contributed by atoms with Crippen molar-refractivity contribution in [3.8, 4) is 0 Å². The van der Waals surface area contributed by atoms with Gasteiger partial charge in [-0.1, -0.05) is 23.7 Å². The van der Waals surface area contributed by atoms with E-state index in [0.29, 0.717) is 15.6 Å². The van der Waals surface area contributed by atoms with Gasteiger partial charge in [0.2, 0.25) is 0 Å². The Bertz CT molecular complexity index is 641. The van der Waals surface area contributed by atoms with Crippen LogP contribution in [0.3, 0.4) is 0 Å². The summed E-state index contributed by atoms with van der Waals surface area (Å²) in [5.41, 5.74) is 0.496. The van der Waals surface area contributed by atoms with Crippen LogP contribution in [0.1, 0.15) is 16.7 Å². The topological polar surface area (TPSA) is 67.3 Å². The van der Waals surface area contributed by atoms with Gasteiger partial charge < -0.3 is 5.11 Å². The minimum Gasteiger partial charge on any atom is -0.387 e. The second-order valence-electron chi connectivity index (χ2n) is 4.05. The van der Waals surface area contributed by atoms with Crippen LogP contribution in [0.5, 0.6) is 0 Å². The van der Waals surface area contributed by atoms with Crippen LogP contribution in [-0.2, 0) is 15.6 Å². The van der Waals surface area contributed by atoms with E-state index in [0.717, 1.165) is 0 Å². The van der Waals surface area contributed by atoms with Crippen molar-refractivity contribution in [1.82, 2.24) is 4.98 Å². The molecule has 4 nitrogen and oxygen atoms in total. The summed E-state index contributed by atoms with van der Waals surface area (Å²) in [6, 6.07) is 6.55. The third-order valence-corrected chi connectivity index (χ3v) is 5.21. The highest BCUT2D eigenvalue weighted by Gasteiger charge is 2.20. The molecule has 1 N–H and O–H groups in total. The van der Waals surface area contributed by atoms with E-state index in [9.17, 15) is 13.5 Å². The molecule has 0 amide bonds. The van der Waals surface area contributed by atoms with Crippen molar-refractivity contribution in [3.05, 3.63) is 51.4 Å². The molecule has 1 aromatic carbocycles. The number of aliphatic hydroxyl groups is 1. The maximum atomic E-state index is 11.9.